The maximum Gasteiger partial charge on any atom is 0.351 e. The van der Waals surface area contributed by atoms with E-state index in [1.54, 1.807) is 24.3 Å². The fourth-order valence-corrected chi connectivity index (χ4v) is 1.90. The molecule has 1 N–H and O–H groups in total. The molecule has 0 bridgehead atoms. The molecule has 2 heterocycles. The van der Waals surface area contributed by atoms with Crippen molar-refractivity contribution in [1.29, 1.82) is 0 Å². The van der Waals surface area contributed by atoms with Crippen LogP contribution in [-0.2, 0) is 0 Å². The summed E-state index contributed by atoms with van der Waals surface area (Å²) < 4.78 is 10.2. The summed E-state index contributed by atoms with van der Waals surface area (Å²) >= 11 is 0. The highest BCUT2D eigenvalue weighted by Crippen LogP contribution is 2.33. The van der Waals surface area contributed by atoms with E-state index in [0.717, 1.165) is 0 Å². The fourth-order valence-electron chi connectivity index (χ4n) is 1.90. The Morgan fingerprint density at radius 2 is 1.84 bits per heavy atom. The van der Waals surface area contributed by atoms with Crippen LogP contribution in [0.25, 0.3) is 22.3 Å². The molecule has 2 aromatic heterocycles. The standard InChI is InChI=1S/C14H8O5/c15-7-8-5-6-11(18-8)12-13(16)9-3-1-2-4-10(9)19-14(12)17/h1-7,16H. The molecule has 0 saturated heterocycles. The van der Waals surface area contributed by atoms with Crippen molar-refractivity contribution in [2.75, 3.05) is 0 Å². The Kier molecular flexibility index (Phi) is 2.45. The number of para-hydroxylation sites is 1. The lowest BCUT2D eigenvalue weighted by Crippen LogP contribution is -2.02. The predicted molar refractivity (Wildman–Crippen MR) is 67.2 cm³/mol. The third-order valence-electron chi connectivity index (χ3n) is 2.78. The molecule has 0 radical (unpaired) electrons. The number of carbonyl (C=O) groups is 1. The molecule has 5 heteroatoms. The Balaban J connectivity index is 2.34. The van der Waals surface area contributed by atoms with Crippen molar-refractivity contribution in [2.45, 2.75) is 0 Å². The van der Waals surface area contributed by atoms with E-state index in [1.807, 2.05) is 0 Å². The first-order chi connectivity index (χ1) is 9.20. The van der Waals surface area contributed by atoms with E-state index < -0.39 is 5.63 Å². The van der Waals surface area contributed by atoms with Gasteiger partial charge in [0.05, 0.1) is 5.39 Å². The van der Waals surface area contributed by atoms with Gasteiger partial charge in [0.2, 0.25) is 0 Å². The summed E-state index contributed by atoms with van der Waals surface area (Å²) in [6, 6.07) is 9.47. The number of carbonyl (C=O) groups excluding carboxylic acids is 1. The first-order valence-corrected chi connectivity index (χ1v) is 5.51. The molecule has 94 valence electrons. The Labute approximate surface area is 106 Å². The van der Waals surface area contributed by atoms with Crippen LogP contribution in [0.4, 0.5) is 0 Å². The minimum absolute atomic E-state index is 0.0713. The third kappa shape index (κ3) is 1.72. The molecule has 5 nitrogen and oxygen atoms in total. The van der Waals surface area contributed by atoms with Gasteiger partial charge in [-0.2, -0.15) is 0 Å². The molecule has 0 aliphatic heterocycles. The second kappa shape index (κ2) is 4.13. The quantitative estimate of drug-likeness (QED) is 0.563. The van der Waals surface area contributed by atoms with Crippen molar-refractivity contribution in [3.63, 3.8) is 0 Å². The second-order valence-corrected chi connectivity index (χ2v) is 3.93. The summed E-state index contributed by atoms with van der Waals surface area (Å²) in [5, 5.41) is 10.6. The van der Waals surface area contributed by atoms with Crippen molar-refractivity contribution in [2.24, 2.45) is 0 Å². The van der Waals surface area contributed by atoms with Gasteiger partial charge in [-0.1, -0.05) is 12.1 Å². The van der Waals surface area contributed by atoms with E-state index in [2.05, 4.69) is 0 Å². The highest BCUT2D eigenvalue weighted by Gasteiger charge is 2.18. The number of fused-ring (bicyclic) bond motifs is 1. The van der Waals surface area contributed by atoms with Crippen molar-refractivity contribution in [3.8, 4) is 17.1 Å². The largest absolute Gasteiger partial charge is 0.506 e. The highest BCUT2D eigenvalue weighted by atomic mass is 16.4. The van der Waals surface area contributed by atoms with Gasteiger partial charge in [0.1, 0.15) is 22.7 Å². The molecule has 3 aromatic rings. The monoisotopic (exact) mass is 256 g/mol. The Morgan fingerprint density at radius 3 is 2.58 bits per heavy atom. The molecular weight excluding hydrogens is 248 g/mol. The van der Waals surface area contributed by atoms with Gasteiger partial charge in [-0.15, -0.1) is 0 Å². The van der Waals surface area contributed by atoms with Crippen LogP contribution in [0.1, 0.15) is 10.6 Å². The summed E-state index contributed by atoms with van der Waals surface area (Å²) in [5.74, 6) is -0.0558. The second-order valence-electron chi connectivity index (χ2n) is 3.93. The lowest BCUT2D eigenvalue weighted by molar-refractivity contribution is 0.110. The van der Waals surface area contributed by atoms with Gasteiger partial charge < -0.3 is 13.9 Å². The van der Waals surface area contributed by atoms with Crippen LogP contribution in [0.3, 0.4) is 0 Å². The smallest absolute Gasteiger partial charge is 0.351 e. The van der Waals surface area contributed by atoms with E-state index in [0.29, 0.717) is 11.7 Å². The minimum Gasteiger partial charge on any atom is -0.506 e. The Hall–Kier alpha value is -2.82. The average molecular weight is 256 g/mol. The number of hydrogen-bond donors (Lipinski definition) is 1. The predicted octanol–water partition coefficient (Wildman–Crippen LogP) is 2.57. The van der Waals surface area contributed by atoms with E-state index in [9.17, 15) is 14.7 Å². The molecule has 0 fully saturated rings. The van der Waals surface area contributed by atoms with Crippen LogP contribution in [0.15, 0.2) is 50.0 Å². The van der Waals surface area contributed by atoms with Gasteiger partial charge in [-0.25, -0.2) is 4.79 Å². The van der Waals surface area contributed by atoms with Crippen molar-refractivity contribution < 1.29 is 18.7 Å². The summed E-state index contributed by atoms with van der Waals surface area (Å²) in [6.45, 7) is 0. The van der Waals surface area contributed by atoms with Crippen LogP contribution >= 0.6 is 0 Å². The molecular formula is C14H8O5. The highest BCUT2D eigenvalue weighted by molar-refractivity contribution is 5.89. The van der Waals surface area contributed by atoms with Crippen LogP contribution in [-0.4, -0.2) is 11.4 Å². The average Bonchev–Trinajstić information content (AvgIpc) is 2.87. The molecule has 19 heavy (non-hydrogen) atoms. The number of aromatic hydroxyl groups is 1. The number of furan rings is 1. The summed E-state index contributed by atoms with van der Waals surface area (Å²) in [7, 11) is 0. The molecule has 3 rings (SSSR count). The number of hydrogen-bond acceptors (Lipinski definition) is 5. The summed E-state index contributed by atoms with van der Waals surface area (Å²) in [5.41, 5.74) is -0.522. The lowest BCUT2D eigenvalue weighted by atomic mass is 10.1. The van der Waals surface area contributed by atoms with Crippen LogP contribution in [0.2, 0.25) is 0 Å². The van der Waals surface area contributed by atoms with Crippen LogP contribution in [0.5, 0.6) is 5.75 Å². The first kappa shape index (κ1) is 11.3. The molecule has 0 amide bonds. The van der Waals surface area contributed by atoms with Gasteiger partial charge in [0.15, 0.2) is 12.0 Å². The number of benzene rings is 1. The maximum atomic E-state index is 11.9. The Morgan fingerprint density at radius 1 is 1.05 bits per heavy atom. The Bertz CT molecular complexity index is 825. The van der Waals surface area contributed by atoms with Crippen molar-refractivity contribution >= 4 is 17.3 Å². The zero-order chi connectivity index (χ0) is 13.4. The van der Waals surface area contributed by atoms with E-state index in [1.165, 1.54) is 12.1 Å². The van der Waals surface area contributed by atoms with Gasteiger partial charge >= 0.3 is 5.63 Å². The van der Waals surface area contributed by atoms with E-state index >= 15 is 0 Å². The molecule has 0 unspecified atom stereocenters. The minimum atomic E-state index is -0.719. The van der Waals surface area contributed by atoms with Crippen LogP contribution < -0.4 is 5.63 Å². The van der Waals surface area contributed by atoms with Gasteiger partial charge in [0.25, 0.3) is 0 Å². The third-order valence-corrected chi connectivity index (χ3v) is 2.78. The molecule has 0 aliphatic rings. The zero-order valence-corrected chi connectivity index (χ0v) is 9.62. The SMILES string of the molecule is O=Cc1ccc(-c2c(O)c3ccccc3oc2=O)o1. The maximum absolute atomic E-state index is 11.9. The van der Waals surface area contributed by atoms with Gasteiger partial charge in [-0.3, -0.25) is 4.79 Å². The first-order valence-electron chi connectivity index (χ1n) is 5.51. The number of aldehydes is 1. The normalized spacial score (nSPS) is 10.7. The molecule has 0 atom stereocenters. The zero-order valence-electron chi connectivity index (χ0n) is 9.62. The molecule has 0 saturated carbocycles. The van der Waals surface area contributed by atoms with Crippen LogP contribution in [0, 0.1) is 0 Å². The summed E-state index contributed by atoms with van der Waals surface area (Å²) in [4.78, 5) is 22.5. The van der Waals surface area contributed by atoms with E-state index in [4.69, 9.17) is 8.83 Å². The molecule has 1 aromatic carbocycles. The van der Waals surface area contributed by atoms with Gasteiger partial charge in [-0.05, 0) is 24.3 Å². The topological polar surface area (TPSA) is 80.6 Å². The van der Waals surface area contributed by atoms with E-state index in [-0.39, 0.29) is 28.4 Å². The van der Waals surface area contributed by atoms with Gasteiger partial charge in [0, 0.05) is 0 Å². The molecule has 0 aliphatic carbocycles. The van der Waals surface area contributed by atoms with Crippen molar-refractivity contribution in [3.05, 3.63) is 52.6 Å². The van der Waals surface area contributed by atoms with Crippen molar-refractivity contribution in [1.82, 2.24) is 0 Å². The fraction of sp³-hybridized carbons (Fsp3) is 0. The number of rotatable bonds is 2. The summed E-state index contributed by atoms with van der Waals surface area (Å²) in [6.07, 6.45) is 0.517. The lowest BCUT2D eigenvalue weighted by Gasteiger charge is -2.03. The molecule has 0 spiro atoms.